The highest BCUT2D eigenvalue weighted by Gasteiger charge is 2.06. The SMILES string of the molecule is C[C@H](NCc1sccc1N)c1ccc(F)cc1. The molecule has 0 fully saturated rings. The van der Waals surface area contributed by atoms with Gasteiger partial charge in [0.25, 0.3) is 0 Å². The predicted octanol–water partition coefficient (Wildman–Crippen LogP) is 3.32. The molecule has 4 heteroatoms. The van der Waals surface area contributed by atoms with Crippen molar-refractivity contribution < 1.29 is 4.39 Å². The average Bonchev–Trinajstić information content (AvgIpc) is 2.73. The van der Waals surface area contributed by atoms with E-state index in [4.69, 9.17) is 5.73 Å². The normalized spacial score (nSPS) is 12.6. The van der Waals surface area contributed by atoms with Crippen LogP contribution in [0.1, 0.15) is 23.4 Å². The van der Waals surface area contributed by atoms with Gasteiger partial charge in [-0.15, -0.1) is 11.3 Å². The van der Waals surface area contributed by atoms with Crippen LogP contribution in [0.15, 0.2) is 35.7 Å². The summed E-state index contributed by atoms with van der Waals surface area (Å²) in [6.45, 7) is 2.79. The molecule has 1 aromatic carbocycles. The first-order valence-corrected chi connectivity index (χ1v) is 6.35. The van der Waals surface area contributed by atoms with Gasteiger partial charge in [0, 0.05) is 23.2 Å². The fourth-order valence-electron chi connectivity index (χ4n) is 1.61. The van der Waals surface area contributed by atoms with Crippen molar-refractivity contribution in [1.82, 2.24) is 5.32 Å². The van der Waals surface area contributed by atoms with E-state index in [1.165, 1.54) is 12.1 Å². The van der Waals surface area contributed by atoms with E-state index in [1.807, 2.05) is 11.4 Å². The van der Waals surface area contributed by atoms with Crippen LogP contribution in [0.2, 0.25) is 0 Å². The van der Waals surface area contributed by atoms with Crippen LogP contribution in [0, 0.1) is 5.82 Å². The molecule has 0 saturated carbocycles. The number of nitrogens with one attached hydrogen (secondary N) is 1. The van der Waals surface area contributed by atoms with E-state index in [2.05, 4.69) is 12.2 Å². The number of thiophene rings is 1. The minimum absolute atomic E-state index is 0.178. The predicted molar refractivity (Wildman–Crippen MR) is 70.4 cm³/mol. The van der Waals surface area contributed by atoms with Gasteiger partial charge in [-0.1, -0.05) is 12.1 Å². The maximum atomic E-state index is 12.8. The lowest BCUT2D eigenvalue weighted by Gasteiger charge is -2.13. The Bertz CT molecular complexity index is 478. The van der Waals surface area contributed by atoms with Gasteiger partial charge in [0.2, 0.25) is 0 Å². The summed E-state index contributed by atoms with van der Waals surface area (Å²) >= 11 is 1.64. The third-order valence-corrected chi connectivity index (χ3v) is 3.66. The molecule has 0 spiro atoms. The van der Waals surface area contributed by atoms with Crippen molar-refractivity contribution >= 4 is 17.0 Å². The maximum absolute atomic E-state index is 12.8. The second-order valence-corrected chi connectivity index (χ2v) is 4.95. The van der Waals surface area contributed by atoms with Crippen LogP contribution < -0.4 is 11.1 Å². The van der Waals surface area contributed by atoms with Crippen molar-refractivity contribution in [2.75, 3.05) is 5.73 Å². The highest BCUT2D eigenvalue weighted by atomic mass is 32.1. The number of benzene rings is 1. The molecule has 1 aromatic heterocycles. The third-order valence-electron chi connectivity index (χ3n) is 2.72. The van der Waals surface area contributed by atoms with Crippen molar-refractivity contribution in [2.24, 2.45) is 0 Å². The molecule has 2 nitrogen and oxygen atoms in total. The summed E-state index contributed by atoms with van der Waals surface area (Å²) < 4.78 is 12.8. The zero-order valence-corrected chi connectivity index (χ0v) is 10.4. The third kappa shape index (κ3) is 3.05. The van der Waals surface area contributed by atoms with Gasteiger partial charge in [-0.05, 0) is 36.1 Å². The second kappa shape index (κ2) is 5.29. The van der Waals surface area contributed by atoms with Crippen molar-refractivity contribution in [1.29, 1.82) is 0 Å². The molecule has 0 aliphatic rings. The van der Waals surface area contributed by atoms with Crippen LogP contribution in [0.5, 0.6) is 0 Å². The Morgan fingerprint density at radius 3 is 2.59 bits per heavy atom. The van der Waals surface area contributed by atoms with Gasteiger partial charge in [0.15, 0.2) is 0 Å². The van der Waals surface area contributed by atoms with E-state index >= 15 is 0 Å². The van der Waals surface area contributed by atoms with Crippen LogP contribution in [-0.4, -0.2) is 0 Å². The van der Waals surface area contributed by atoms with Crippen LogP contribution >= 0.6 is 11.3 Å². The molecule has 0 amide bonds. The molecule has 0 aliphatic heterocycles. The van der Waals surface area contributed by atoms with Crippen molar-refractivity contribution in [3.63, 3.8) is 0 Å². The van der Waals surface area contributed by atoms with Gasteiger partial charge in [0.05, 0.1) is 0 Å². The first-order valence-electron chi connectivity index (χ1n) is 5.47. The van der Waals surface area contributed by atoms with Crippen LogP contribution in [0.3, 0.4) is 0 Å². The smallest absolute Gasteiger partial charge is 0.123 e. The average molecular weight is 250 g/mol. The molecule has 90 valence electrons. The van der Waals surface area contributed by atoms with Gasteiger partial charge >= 0.3 is 0 Å². The molecular formula is C13H15FN2S. The van der Waals surface area contributed by atoms with E-state index in [-0.39, 0.29) is 11.9 Å². The second-order valence-electron chi connectivity index (χ2n) is 3.95. The lowest BCUT2D eigenvalue weighted by Crippen LogP contribution is -2.17. The number of hydrogen-bond acceptors (Lipinski definition) is 3. The molecule has 3 N–H and O–H groups in total. The quantitative estimate of drug-likeness (QED) is 0.873. The number of halogens is 1. The van der Waals surface area contributed by atoms with Crippen LogP contribution in [0.25, 0.3) is 0 Å². The molecule has 0 saturated heterocycles. The Morgan fingerprint density at radius 1 is 1.29 bits per heavy atom. The summed E-state index contributed by atoms with van der Waals surface area (Å²) in [4.78, 5) is 1.14. The van der Waals surface area contributed by atoms with Crippen molar-refractivity contribution in [2.45, 2.75) is 19.5 Å². The topological polar surface area (TPSA) is 38.0 Å². The zero-order valence-electron chi connectivity index (χ0n) is 9.61. The maximum Gasteiger partial charge on any atom is 0.123 e. The molecule has 0 aliphatic carbocycles. The lowest BCUT2D eigenvalue weighted by molar-refractivity contribution is 0.575. The first kappa shape index (κ1) is 12.1. The number of nitrogen functional groups attached to an aromatic ring is 1. The van der Waals surface area contributed by atoms with Crippen LogP contribution in [0.4, 0.5) is 10.1 Å². The van der Waals surface area contributed by atoms with E-state index in [9.17, 15) is 4.39 Å². The number of hydrogen-bond donors (Lipinski definition) is 2. The molecule has 0 radical (unpaired) electrons. The summed E-state index contributed by atoms with van der Waals surface area (Å²) in [6.07, 6.45) is 0. The monoisotopic (exact) mass is 250 g/mol. The molecule has 0 bridgehead atoms. The van der Waals surface area contributed by atoms with E-state index in [0.717, 1.165) is 22.7 Å². The van der Waals surface area contributed by atoms with Gasteiger partial charge < -0.3 is 11.1 Å². The molecule has 0 unspecified atom stereocenters. The molecular weight excluding hydrogens is 235 g/mol. The van der Waals surface area contributed by atoms with E-state index in [1.54, 1.807) is 23.5 Å². The molecule has 17 heavy (non-hydrogen) atoms. The minimum Gasteiger partial charge on any atom is -0.398 e. The van der Waals surface area contributed by atoms with Gasteiger partial charge in [-0.25, -0.2) is 4.39 Å². The summed E-state index contributed by atoms with van der Waals surface area (Å²) in [5.41, 5.74) is 7.70. The molecule has 1 heterocycles. The highest BCUT2D eigenvalue weighted by molar-refractivity contribution is 7.10. The van der Waals surface area contributed by atoms with Gasteiger partial charge in [-0.2, -0.15) is 0 Å². The summed E-state index contributed by atoms with van der Waals surface area (Å²) in [7, 11) is 0. The number of nitrogens with two attached hydrogens (primary N) is 1. The first-order chi connectivity index (χ1) is 8.16. The molecule has 2 aromatic rings. The zero-order chi connectivity index (χ0) is 12.3. The fourth-order valence-corrected chi connectivity index (χ4v) is 2.36. The standard InChI is InChI=1S/C13H15FN2S/c1-9(10-2-4-11(14)5-3-10)16-8-13-12(15)6-7-17-13/h2-7,9,16H,8,15H2,1H3/t9-/m0/s1. The lowest BCUT2D eigenvalue weighted by atomic mass is 10.1. The van der Waals surface area contributed by atoms with Gasteiger partial charge in [0.1, 0.15) is 5.82 Å². The number of anilines is 1. The van der Waals surface area contributed by atoms with E-state index in [0.29, 0.717) is 0 Å². The summed E-state index contributed by atoms with van der Waals surface area (Å²) in [5.74, 6) is -0.205. The Kier molecular flexibility index (Phi) is 3.76. The summed E-state index contributed by atoms with van der Waals surface area (Å²) in [6, 6.07) is 8.64. The summed E-state index contributed by atoms with van der Waals surface area (Å²) in [5, 5.41) is 5.35. The Hall–Kier alpha value is -1.39. The van der Waals surface area contributed by atoms with Crippen LogP contribution in [-0.2, 0) is 6.54 Å². The van der Waals surface area contributed by atoms with Crippen molar-refractivity contribution in [3.05, 3.63) is 52.0 Å². The molecule has 2 rings (SSSR count). The fraction of sp³-hybridized carbons (Fsp3) is 0.231. The molecule has 1 atom stereocenters. The largest absolute Gasteiger partial charge is 0.398 e. The Labute approximate surface area is 104 Å². The van der Waals surface area contributed by atoms with E-state index < -0.39 is 0 Å². The highest BCUT2D eigenvalue weighted by Crippen LogP contribution is 2.20. The Morgan fingerprint density at radius 2 is 2.00 bits per heavy atom. The van der Waals surface area contributed by atoms with Gasteiger partial charge in [-0.3, -0.25) is 0 Å². The Balaban J connectivity index is 1.95. The minimum atomic E-state index is -0.205. The van der Waals surface area contributed by atoms with Crippen molar-refractivity contribution in [3.8, 4) is 0 Å². The number of rotatable bonds is 4.